The van der Waals surface area contributed by atoms with Crippen molar-refractivity contribution in [1.82, 2.24) is 8.61 Å². The first-order valence-electron chi connectivity index (χ1n) is 7.88. The van der Waals surface area contributed by atoms with Crippen LogP contribution in [0, 0.1) is 5.92 Å². The summed E-state index contributed by atoms with van der Waals surface area (Å²) in [5.74, 6) is 0.405. The van der Waals surface area contributed by atoms with Crippen LogP contribution in [0.3, 0.4) is 0 Å². The maximum absolute atomic E-state index is 12.8. The zero-order chi connectivity index (χ0) is 15.2. The van der Waals surface area contributed by atoms with E-state index in [1.165, 1.54) is 4.31 Å². The molecule has 20 heavy (non-hydrogen) atoms. The van der Waals surface area contributed by atoms with E-state index in [9.17, 15) is 13.5 Å². The Morgan fingerprint density at radius 1 is 1.25 bits per heavy atom. The summed E-state index contributed by atoms with van der Waals surface area (Å²) < 4.78 is 28.7. The lowest BCUT2D eigenvalue weighted by molar-refractivity contribution is 0.146. The lowest BCUT2D eigenvalue weighted by Crippen LogP contribution is -2.52. The highest BCUT2D eigenvalue weighted by molar-refractivity contribution is 7.86. The van der Waals surface area contributed by atoms with Crippen molar-refractivity contribution in [2.45, 2.75) is 58.9 Å². The van der Waals surface area contributed by atoms with Crippen LogP contribution in [0.5, 0.6) is 0 Å². The van der Waals surface area contributed by atoms with Gasteiger partial charge in [-0.15, -0.1) is 0 Å². The Morgan fingerprint density at radius 3 is 2.40 bits per heavy atom. The molecule has 0 aromatic heterocycles. The van der Waals surface area contributed by atoms with Crippen molar-refractivity contribution in [2.24, 2.45) is 5.92 Å². The second-order valence-corrected chi connectivity index (χ2v) is 7.46. The van der Waals surface area contributed by atoms with Gasteiger partial charge < -0.3 is 5.11 Å². The summed E-state index contributed by atoms with van der Waals surface area (Å²) >= 11 is 0. The number of hydrogen-bond donors (Lipinski definition) is 1. The number of aliphatic hydroxyl groups excluding tert-OH is 1. The number of piperidine rings is 1. The third-order valence-corrected chi connectivity index (χ3v) is 6.51. The molecule has 1 saturated heterocycles. The highest BCUT2D eigenvalue weighted by atomic mass is 32.2. The Morgan fingerprint density at radius 2 is 1.90 bits per heavy atom. The Bertz CT molecular complexity index is 369. The third kappa shape index (κ3) is 4.16. The molecule has 0 aliphatic carbocycles. The van der Waals surface area contributed by atoms with E-state index in [0.29, 0.717) is 25.6 Å². The first-order valence-corrected chi connectivity index (χ1v) is 9.28. The summed E-state index contributed by atoms with van der Waals surface area (Å²) in [6.45, 7) is 7.62. The van der Waals surface area contributed by atoms with Crippen molar-refractivity contribution in [3.8, 4) is 0 Å². The van der Waals surface area contributed by atoms with E-state index in [-0.39, 0.29) is 12.6 Å². The summed E-state index contributed by atoms with van der Waals surface area (Å²) in [4.78, 5) is 0. The van der Waals surface area contributed by atoms with Crippen LogP contribution in [0.15, 0.2) is 0 Å². The molecule has 0 aromatic carbocycles. The van der Waals surface area contributed by atoms with Crippen LogP contribution >= 0.6 is 0 Å². The SMILES string of the molecule is CCC(CC)CN(CC)S(=O)(=O)N1CCCCC1CO. The lowest BCUT2D eigenvalue weighted by atomic mass is 10.0. The summed E-state index contributed by atoms with van der Waals surface area (Å²) in [7, 11) is -3.44. The van der Waals surface area contributed by atoms with Gasteiger partial charge in [-0.3, -0.25) is 0 Å². The van der Waals surface area contributed by atoms with Crippen LogP contribution in [-0.4, -0.2) is 54.4 Å². The smallest absolute Gasteiger partial charge is 0.282 e. The molecular weight excluding hydrogens is 276 g/mol. The van der Waals surface area contributed by atoms with Gasteiger partial charge in [0.05, 0.1) is 6.61 Å². The molecule has 0 saturated carbocycles. The second-order valence-electron chi connectivity index (χ2n) is 5.58. The van der Waals surface area contributed by atoms with Crippen molar-refractivity contribution in [3.05, 3.63) is 0 Å². The van der Waals surface area contributed by atoms with Crippen molar-refractivity contribution in [2.75, 3.05) is 26.2 Å². The minimum absolute atomic E-state index is 0.0816. The number of nitrogens with zero attached hydrogens (tertiary/aromatic N) is 2. The van der Waals surface area contributed by atoms with E-state index < -0.39 is 10.2 Å². The molecule has 1 fully saturated rings. The Labute approximate surface area is 124 Å². The first kappa shape index (κ1) is 17.9. The van der Waals surface area contributed by atoms with Gasteiger partial charge >= 0.3 is 0 Å². The molecule has 1 N–H and O–H groups in total. The van der Waals surface area contributed by atoms with E-state index in [0.717, 1.165) is 32.1 Å². The third-order valence-electron chi connectivity index (χ3n) is 4.38. The van der Waals surface area contributed by atoms with Crippen LogP contribution in [0.2, 0.25) is 0 Å². The maximum atomic E-state index is 12.8. The van der Waals surface area contributed by atoms with Crippen molar-refractivity contribution in [3.63, 3.8) is 0 Å². The Hall–Kier alpha value is -0.170. The molecule has 1 unspecified atom stereocenters. The largest absolute Gasteiger partial charge is 0.395 e. The molecule has 0 aromatic rings. The molecule has 1 atom stereocenters. The van der Waals surface area contributed by atoms with Crippen LogP contribution in [0.1, 0.15) is 52.9 Å². The summed E-state index contributed by atoms with van der Waals surface area (Å²) in [5, 5.41) is 9.43. The molecule has 0 amide bonds. The monoisotopic (exact) mass is 306 g/mol. The van der Waals surface area contributed by atoms with Crippen LogP contribution in [0.4, 0.5) is 0 Å². The van der Waals surface area contributed by atoms with Gasteiger partial charge in [0.2, 0.25) is 0 Å². The topological polar surface area (TPSA) is 60.9 Å². The van der Waals surface area contributed by atoms with Gasteiger partial charge in [0, 0.05) is 25.7 Å². The zero-order valence-corrected chi connectivity index (χ0v) is 13.9. The highest BCUT2D eigenvalue weighted by Crippen LogP contribution is 2.23. The predicted molar refractivity (Wildman–Crippen MR) is 81.7 cm³/mol. The summed E-state index contributed by atoms with van der Waals surface area (Å²) in [6, 6.07) is -0.246. The Balaban J connectivity index is 2.87. The molecule has 5 nitrogen and oxygen atoms in total. The standard InChI is InChI=1S/C14H30N2O3S/c1-4-13(5-2)11-15(6-3)20(18,19)16-10-8-7-9-14(16)12-17/h13-14,17H,4-12H2,1-3H3. The number of rotatable bonds is 8. The van der Waals surface area contributed by atoms with Crippen LogP contribution in [-0.2, 0) is 10.2 Å². The minimum Gasteiger partial charge on any atom is -0.395 e. The van der Waals surface area contributed by atoms with Gasteiger partial charge in [-0.2, -0.15) is 17.0 Å². The molecule has 0 bridgehead atoms. The fraction of sp³-hybridized carbons (Fsp3) is 1.00. The van der Waals surface area contributed by atoms with Gasteiger partial charge in [0.25, 0.3) is 10.2 Å². The minimum atomic E-state index is -3.44. The van der Waals surface area contributed by atoms with E-state index in [1.54, 1.807) is 4.31 Å². The molecule has 1 aliphatic rings. The van der Waals surface area contributed by atoms with Crippen LogP contribution in [0.25, 0.3) is 0 Å². The number of aliphatic hydroxyl groups is 1. The average Bonchev–Trinajstić information content (AvgIpc) is 2.48. The zero-order valence-electron chi connectivity index (χ0n) is 13.1. The fourth-order valence-electron chi connectivity index (χ4n) is 2.83. The number of hydrogen-bond acceptors (Lipinski definition) is 3. The van der Waals surface area contributed by atoms with Crippen molar-refractivity contribution < 1.29 is 13.5 Å². The molecule has 1 heterocycles. The van der Waals surface area contributed by atoms with E-state index in [4.69, 9.17) is 0 Å². The van der Waals surface area contributed by atoms with Crippen molar-refractivity contribution in [1.29, 1.82) is 0 Å². The maximum Gasteiger partial charge on any atom is 0.282 e. The first-order chi connectivity index (χ1) is 9.51. The van der Waals surface area contributed by atoms with Gasteiger partial charge in [-0.1, -0.05) is 40.0 Å². The molecule has 1 aliphatic heterocycles. The Kier molecular flexibility index (Phi) is 7.43. The van der Waals surface area contributed by atoms with Gasteiger partial charge in [-0.25, -0.2) is 0 Å². The lowest BCUT2D eigenvalue weighted by Gasteiger charge is -2.37. The quantitative estimate of drug-likeness (QED) is 0.744. The molecule has 0 radical (unpaired) electrons. The normalized spacial score (nSPS) is 21.8. The van der Waals surface area contributed by atoms with E-state index >= 15 is 0 Å². The second kappa shape index (κ2) is 8.32. The molecule has 0 spiro atoms. The molecule has 6 heteroatoms. The highest BCUT2D eigenvalue weighted by Gasteiger charge is 2.36. The molecular formula is C14H30N2O3S. The summed E-state index contributed by atoms with van der Waals surface area (Å²) in [6.07, 6.45) is 4.63. The summed E-state index contributed by atoms with van der Waals surface area (Å²) in [5.41, 5.74) is 0. The molecule has 120 valence electrons. The van der Waals surface area contributed by atoms with Gasteiger partial charge in [0.1, 0.15) is 0 Å². The van der Waals surface area contributed by atoms with Crippen LogP contribution < -0.4 is 0 Å². The van der Waals surface area contributed by atoms with Gasteiger partial charge in [0.15, 0.2) is 0 Å². The fourth-order valence-corrected chi connectivity index (χ4v) is 4.76. The predicted octanol–water partition coefficient (Wildman–Crippen LogP) is 1.84. The average molecular weight is 306 g/mol. The van der Waals surface area contributed by atoms with Crippen molar-refractivity contribution >= 4 is 10.2 Å². The molecule has 1 rings (SSSR count). The van der Waals surface area contributed by atoms with E-state index in [1.807, 2.05) is 6.92 Å². The van der Waals surface area contributed by atoms with Gasteiger partial charge in [-0.05, 0) is 18.8 Å². The van der Waals surface area contributed by atoms with E-state index in [2.05, 4.69) is 13.8 Å².